The average Bonchev–Trinajstić information content (AvgIpc) is 2.42. The molecule has 2 aromatic rings. The van der Waals surface area contributed by atoms with E-state index in [9.17, 15) is 0 Å². The molecule has 5 heteroatoms. The van der Waals surface area contributed by atoms with Gasteiger partial charge in [-0.05, 0) is 36.4 Å². The summed E-state index contributed by atoms with van der Waals surface area (Å²) in [5.74, 6) is 0.833. The predicted octanol–water partition coefficient (Wildman–Crippen LogP) is 3.57. The molecule has 0 fully saturated rings. The van der Waals surface area contributed by atoms with Crippen molar-refractivity contribution in [3.05, 3.63) is 52.0 Å². The van der Waals surface area contributed by atoms with Gasteiger partial charge in [-0.3, -0.25) is 0 Å². The number of hydrogen-bond donors (Lipinski definition) is 1. The minimum absolute atomic E-state index is 0.353. The minimum Gasteiger partial charge on any atom is -0.454 e. The lowest BCUT2D eigenvalue weighted by molar-refractivity contribution is 0.483. The Labute approximate surface area is 118 Å². The third kappa shape index (κ3) is 2.85. The molecule has 0 aliphatic carbocycles. The number of anilines is 1. The van der Waals surface area contributed by atoms with Crippen molar-refractivity contribution in [3.8, 4) is 23.6 Å². The van der Waals surface area contributed by atoms with Gasteiger partial charge in [-0.2, -0.15) is 10.5 Å². The molecule has 0 aliphatic rings. The number of ether oxygens (including phenoxy) is 1. The molecule has 0 bridgehead atoms. The maximum atomic E-state index is 9.05. The smallest absolute Gasteiger partial charge is 0.150 e. The number of benzene rings is 2. The second kappa shape index (κ2) is 5.43. The predicted molar refractivity (Wildman–Crippen MR) is 74.5 cm³/mol. The number of nitrogens with zero attached hydrogens (tertiary/aromatic N) is 2. The van der Waals surface area contributed by atoms with E-state index in [-0.39, 0.29) is 0 Å². The van der Waals surface area contributed by atoms with Crippen molar-refractivity contribution in [2.75, 3.05) is 5.73 Å². The van der Waals surface area contributed by atoms with Gasteiger partial charge in [0.2, 0.25) is 0 Å². The fourth-order valence-electron chi connectivity index (χ4n) is 1.51. The van der Waals surface area contributed by atoms with E-state index in [2.05, 4.69) is 22.0 Å². The van der Waals surface area contributed by atoms with Gasteiger partial charge in [-0.25, -0.2) is 0 Å². The first-order chi connectivity index (χ1) is 9.13. The molecule has 0 saturated heterocycles. The Kier molecular flexibility index (Phi) is 3.70. The molecule has 92 valence electrons. The van der Waals surface area contributed by atoms with Crippen LogP contribution in [0.15, 0.2) is 40.9 Å². The normalized spacial score (nSPS) is 9.42. The van der Waals surface area contributed by atoms with E-state index >= 15 is 0 Å². The molecule has 4 nitrogen and oxygen atoms in total. The number of nitriles is 2. The number of nitrogen functional groups attached to an aromatic ring is 1. The van der Waals surface area contributed by atoms with Crippen LogP contribution in [0.1, 0.15) is 11.1 Å². The van der Waals surface area contributed by atoms with Crippen LogP contribution in [-0.2, 0) is 0 Å². The van der Waals surface area contributed by atoms with Gasteiger partial charge in [0.25, 0.3) is 0 Å². The van der Waals surface area contributed by atoms with Gasteiger partial charge < -0.3 is 10.5 Å². The second-order valence-corrected chi connectivity index (χ2v) is 4.63. The monoisotopic (exact) mass is 313 g/mol. The summed E-state index contributed by atoms with van der Waals surface area (Å²) >= 11 is 3.29. The van der Waals surface area contributed by atoms with E-state index in [0.717, 1.165) is 4.47 Å². The Hall–Kier alpha value is -2.50. The van der Waals surface area contributed by atoms with Crippen molar-refractivity contribution in [1.82, 2.24) is 0 Å². The van der Waals surface area contributed by atoms with Gasteiger partial charge in [0, 0.05) is 4.47 Å². The van der Waals surface area contributed by atoms with Crippen LogP contribution in [-0.4, -0.2) is 0 Å². The third-order valence-corrected chi connectivity index (χ3v) is 2.91. The van der Waals surface area contributed by atoms with Crippen LogP contribution in [0.2, 0.25) is 0 Å². The molecule has 0 unspecified atom stereocenters. The fraction of sp³-hybridized carbons (Fsp3) is 0. The lowest BCUT2D eigenvalue weighted by Gasteiger charge is -2.10. The highest BCUT2D eigenvalue weighted by Crippen LogP contribution is 2.31. The molecular weight excluding hydrogens is 306 g/mol. The van der Waals surface area contributed by atoms with E-state index in [1.807, 2.05) is 6.07 Å². The second-order valence-electron chi connectivity index (χ2n) is 3.72. The molecule has 0 spiro atoms. The topological polar surface area (TPSA) is 82.8 Å². The zero-order chi connectivity index (χ0) is 13.8. The van der Waals surface area contributed by atoms with Crippen molar-refractivity contribution in [2.24, 2.45) is 0 Å². The first-order valence-corrected chi connectivity index (χ1v) is 6.10. The van der Waals surface area contributed by atoms with Gasteiger partial charge in [0.1, 0.15) is 17.6 Å². The summed E-state index contributed by atoms with van der Waals surface area (Å²) in [5.41, 5.74) is 7.01. The van der Waals surface area contributed by atoms with Crippen LogP contribution < -0.4 is 10.5 Å². The molecule has 0 radical (unpaired) electrons. The first kappa shape index (κ1) is 12.9. The van der Waals surface area contributed by atoms with Crippen molar-refractivity contribution >= 4 is 21.6 Å². The zero-order valence-corrected chi connectivity index (χ0v) is 11.3. The highest BCUT2D eigenvalue weighted by atomic mass is 79.9. The van der Waals surface area contributed by atoms with E-state index < -0.39 is 0 Å². The lowest BCUT2D eigenvalue weighted by atomic mass is 10.2. The maximum absolute atomic E-state index is 9.05. The lowest BCUT2D eigenvalue weighted by Crippen LogP contribution is -1.94. The van der Waals surface area contributed by atoms with Crippen LogP contribution >= 0.6 is 15.9 Å². The average molecular weight is 314 g/mol. The molecule has 0 aliphatic heterocycles. The van der Waals surface area contributed by atoms with Crippen LogP contribution in [0, 0.1) is 22.7 Å². The summed E-state index contributed by atoms with van der Waals surface area (Å²) in [7, 11) is 0. The number of nitrogens with two attached hydrogens (primary N) is 1. The molecule has 2 N–H and O–H groups in total. The summed E-state index contributed by atoms with van der Waals surface area (Å²) in [6, 6.07) is 13.9. The molecule has 0 atom stereocenters. The van der Waals surface area contributed by atoms with Crippen molar-refractivity contribution < 1.29 is 4.74 Å². The van der Waals surface area contributed by atoms with Crippen molar-refractivity contribution in [3.63, 3.8) is 0 Å². The van der Waals surface area contributed by atoms with Gasteiger partial charge in [-0.1, -0.05) is 15.9 Å². The number of rotatable bonds is 2. The summed E-state index contributed by atoms with van der Waals surface area (Å²) < 4.78 is 6.40. The Bertz CT molecular complexity index is 714. The van der Waals surface area contributed by atoms with E-state index in [1.165, 1.54) is 6.07 Å². The quantitative estimate of drug-likeness (QED) is 0.859. The standard InChI is InChI=1S/C14H8BrN3O/c15-11-2-4-13(10(6-11)8-17)19-14-3-1-9(7-16)5-12(14)18/h1-6H,18H2. The van der Waals surface area contributed by atoms with Crippen LogP contribution in [0.5, 0.6) is 11.5 Å². The summed E-state index contributed by atoms with van der Waals surface area (Å²) in [6.45, 7) is 0. The van der Waals surface area contributed by atoms with Crippen LogP contribution in [0.25, 0.3) is 0 Å². The van der Waals surface area contributed by atoms with Crippen LogP contribution in [0.3, 0.4) is 0 Å². The molecule has 19 heavy (non-hydrogen) atoms. The van der Waals surface area contributed by atoms with Crippen molar-refractivity contribution in [1.29, 1.82) is 10.5 Å². The summed E-state index contributed by atoms with van der Waals surface area (Å²) in [5, 5.41) is 17.8. The maximum Gasteiger partial charge on any atom is 0.150 e. The Balaban J connectivity index is 2.37. The highest BCUT2D eigenvalue weighted by molar-refractivity contribution is 9.10. The molecule has 2 rings (SSSR count). The van der Waals surface area contributed by atoms with Crippen molar-refractivity contribution in [2.45, 2.75) is 0 Å². The van der Waals surface area contributed by atoms with Gasteiger partial charge in [0.15, 0.2) is 0 Å². The van der Waals surface area contributed by atoms with Gasteiger partial charge >= 0.3 is 0 Å². The Morgan fingerprint density at radius 2 is 1.74 bits per heavy atom. The fourth-order valence-corrected chi connectivity index (χ4v) is 1.87. The third-order valence-electron chi connectivity index (χ3n) is 2.42. The van der Waals surface area contributed by atoms with E-state index in [0.29, 0.717) is 28.3 Å². The van der Waals surface area contributed by atoms with Gasteiger partial charge in [-0.15, -0.1) is 0 Å². The molecule has 0 aromatic heterocycles. The molecule has 0 saturated carbocycles. The molecule has 0 heterocycles. The van der Waals surface area contributed by atoms with E-state index in [4.69, 9.17) is 21.0 Å². The molecular formula is C14H8BrN3O. The highest BCUT2D eigenvalue weighted by Gasteiger charge is 2.08. The molecule has 2 aromatic carbocycles. The van der Waals surface area contributed by atoms with Crippen LogP contribution in [0.4, 0.5) is 5.69 Å². The first-order valence-electron chi connectivity index (χ1n) is 5.31. The summed E-state index contributed by atoms with van der Waals surface area (Å²) in [4.78, 5) is 0. The Morgan fingerprint density at radius 1 is 1.00 bits per heavy atom. The number of hydrogen-bond acceptors (Lipinski definition) is 4. The SMILES string of the molecule is N#Cc1ccc(Oc2ccc(Br)cc2C#N)c(N)c1. The largest absolute Gasteiger partial charge is 0.454 e. The zero-order valence-electron chi connectivity index (χ0n) is 9.72. The summed E-state index contributed by atoms with van der Waals surface area (Å²) in [6.07, 6.45) is 0. The Morgan fingerprint density at radius 3 is 2.37 bits per heavy atom. The number of halogens is 1. The van der Waals surface area contributed by atoms with E-state index in [1.54, 1.807) is 30.3 Å². The van der Waals surface area contributed by atoms with Gasteiger partial charge in [0.05, 0.1) is 22.9 Å². The minimum atomic E-state index is 0.353. The molecule has 0 amide bonds.